The Morgan fingerprint density at radius 1 is 1.06 bits per heavy atom. The van der Waals surface area contributed by atoms with E-state index in [2.05, 4.69) is 61.7 Å². The van der Waals surface area contributed by atoms with Gasteiger partial charge in [0.05, 0.1) is 4.47 Å². The molecule has 0 spiro atoms. The molecule has 0 radical (unpaired) electrons. The first-order valence-corrected chi connectivity index (χ1v) is 12.7. The molecule has 0 fully saturated rings. The Morgan fingerprint density at radius 2 is 1.91 bits per heavy atom. The standard InChI is InChI=1S/C27H24BrN5O2/c1-2-17-14-24(20-9-5-6-10-22(20)29-17)34-15-16-11-12-23-21(13-16)25(28)26(35-23)18-7-3-4-8-19(18)27-30-32-33-31-27/h3-4,7-8,11-14H,2,5-6,9-10,15H2,1H3,(H,30,31,32,33). The van der Waals surface area contributed by atoms with Crippen LogP contribution in [0.25, 0.3) is 33.7 Å². The number of furan rings is 1. The number of tetrazole rings is 1. The number of rotatable bonds is 6. The zero-order valence-corrected chi connectivity index (χ0v) is 20.9. The number of fused-ring (bicyclic) bond motifs is 2. The Balaban J connectivity index is 1.32. The van der Waals surface area contributed by atoms with Gasteiger partial charge in [0.2, 0.25) is 5.82 Å². The van der Waals surface area contributed by atoms with Crippen molar-refractivity contribution in [2.45, 2.75) is 45.6 Å². The second kappa shape index (κ2) is 9.26. The summed E-state index contributed by atoms with van der Waals surface area (Å²) in [4.78, 5) is 4.84. The molecule has 0 saturated heterocycles. The van der Waals surface area contributed by atoms with E-state index in [-0.39, 0.29) is 0 Å². The van der Waals surface area contributed by atoms with Crippen LogP contribution in [0.1, 0.15) is 42.3 Å². The zero-order valence-electron chi connectivity index (χ0n) is 19.3. The van der Waals surface area contributed by atoms with E-state index in [1.54, 1.807) is 0 Å². The molecule has 0 amide bonds. The average molecular weight is 530 g/mol. The molecule has 0 unspecified atom stereocenters. The topological polar surface area (TPSA) is 89.7 Å². The quantitative estimate of drug-likeness (QED) is 0.271. The van der Waals surface area contributed by atoms with Crippen molar-refractivity contribution in [2.24, 2.45) is 0 Å². The lowest BCUT2D eigenvalue weighted by Crippen LogP contribution is -2.10. The predicted molar refractivity (Wildman–Crippen MR) is 137 cm³/mol. The molecule has 176 valence electrons. The third kappa shape index (κ3) is 4.12. The largest absolute Gasteiger partial charge is 0.488 e. The van der Waals surface area contributed by atoms with Crippen LogP contribution in [-0.2, 0) is 25.9 Å². The Morgan fingerprint density at radius 3 is 2.74 bits per heavy atom. The lowest BCUT2D eigenvalue weighted by molar-refractivity contribution is 0.300. The monoisotopic (exact) mass is 529 g/mol. The van der Waals surface area contributed by atoms with Crippen LogP contribution in [0.15, 0.2) is 57.4 Å². The van der Waals surface area contributed by atoms with Crippen LogP contribution in [0.2, 0.25) is 0 Å². The average Bonchev–Trinajstić information content (AvgIpc) is 3.55. The van der Waals surface area contributed by atoms with Gasteiger partial charge in [-0.15, -0.1) is 10.2 Å². The lowest BCUT2D eigenvalue weighted by Gasteiger charge is -2.20. The molecule has 0 bridgehead atoms. The number of aromatic amines is 1. The number of H-pyrrole nitrogens is 1. The van der Waals surface area contributed by atoms with Crippen molar-refractivity contribution in [2.75, 3.05) is 0 Å². The SMILES string of the molecule is CCc1cc(OCc2ccc3oc(-c4ccccc4-c4nn[nH]n4)c(Br)c3c2)c2c(n1)CCCC2. The molecule has 1 aliphatic carbocycles. The summed E-state index contributed by atoms with van der Waals surface area (Å²) in [6.07, 6.45) is 5.39. The highest BCUT2D eigenvalue weighted by atomic mass is 79.9. The van der Waals surface area contributed by atoms with Crippen LogP contribution < -0.4 is 4.74 Å². The molecule has 2 aromatic carbocycles. The van der Waals surface area contributed by atoms with E-state index >= 15 is 0 Å². The second-order valence-corrected chi connectivity index (χ2v) is 9.54. The van der Waals surface area contributed by atoms with Crippen LogP contribution in [0.5, 0.6) is 5.75 Å². The van der Waals surface area contributed by atoms with E-state index in [1.807, 2.05) is 30.3 Å². The maximum absolute atomic E-state index is 6.37. The van der Waals surface area contributed by atoms with Gasteiger partial charge in [-0.2, -0.15) is 5.21 Å². The van der Waals surface area contributed by atoms with Crippen molar-refractivity contribution < 1.29 is 9.15 Å². The van der Waals surface area contributed by atoms with Crippen molar-refractivity contribution >= 4 is 26.9 Å². The summed E-state index contributed by atoms with van der Waals surface area (Å²) in [5.74, 6) is 2.23. The minimum atomic E-state index is 0.488. The molecular weight excluding hydrogens is 506 g/mol. The first-order valence-electron chi connectivity index (χ1n) is 11.9. The summed E-state index contributed by atoms with van der Waals surface area (Å²) in [6, 6.07) is 16.2. The Bertz CT molecular complexity index is 1510. The van der Waals surface area contributed by atoms with Gasteiger partial charge in [0.25, 0.3) is 0 Å². The van der Waals surface area contributed by atoms with Crippen LogP contribution in [0.4, 0.5) is 0 Å². The van der Waals surface area contributed by atoms with Crippen LogP contribution in [0, 0.1) is 0 Å². The summed E-state index contributed by atoms with van der Waals surface area (Å²) in [5, 5.41) is 15.5. The fraction of sp³-hybridized carbons (Fsp3) is 0.259. The first kappa shape index (κ1) is 22.0. The minimum absolute atomic E-state index is 0.488. The number of nitrogens with one attached hydrogen (secondary N) is 1. The highest BCUT2D eigenvalue weighted by Crippen LogP contribution is 2.41. The molecule has 6 rings (SSSR count). The normalized spacial score (nSPS) is 13.2. The van der Waals surface area contributed by atoms with Crippen molar-refractivity contribution in [3.8, 4) is 28.5 Å². The summed E-state index contributed by atoms with van der Waals surface area (Å²) in [5.41, 5.74) is 7.20. The maximum Gasteiger partial charge on any atom is 0.205 e. The fourth-order valence-corrected chi connectivity index (χ4v) is 5.33. The minimum Gasteiger partial charge on any atom is -0.488 e. The van der Waals surface area contributed by atoms with Gasteiger partial charge in [-0.25, -0.2) is 0 Å². The van der Waals surface area contributed by atoms with Crippen LogP contribution >= 0.6 is 15.9 Å². The number of benzene rings is 2. The zero-order chi connectivity index (χ0) is 23.8. The molecule has 0 saturated carbocycles. The van der Waals surface area contributed by atoms with Gasteiger partial charge in [-0.1, -0.05) is 37.3 Å². The van der Waals surface area contributed by atoms with Gasteiger partial charge in [0.15, 0.2) is 0 Å². The van der Waals surface area contributed by atoms with Gasteiger partial charge in [-0.05, 0) is 70.9 Å². The Kier molecular flexibility index (Phi) is 5.82. The van der Waals surface area contributed by atoms with Crippen LogP contribution in [-0.4, -0.2) is 25.6 Å². The fourth-order valence-electron chi connectivity index (χ4n) is 4.72. The Hall–Kier alpha value is -3.52. The van der Waals surface area contributed by atoms with Crippen LogP contribution in [0.3, 0.4) is 0 Å². The molecule has 1 aliphatic rings. The number of nitrogens with zero attached hydrogens (tertiary/aromatic N) is 4. The number of aromatic nitrogens is 5. The first-order chi connectivity index (χ1) is 17.2. The smallest absolute Gasteiger partial charge is 0.205 e. The molecule has 0 aliphatic heterocycles. The molecule has 3 aromatic heterocycles. The summed E-state index contributed by atoms with van der Waals surface area (Å²) in [7, 11) is 0. The van der Waals surface area contributed by atoms with Crippen molar-refractivity contribution in [1.29, 1.82) is 0 Å². The maximum atomic E-state index is 6.37. The summed E-state index contributed by atoms with van der Waals surface area (Å²) < 4.78 is 13.5. The molecule has 3 heterocycles. The van der Waals surface area contributed by atoms with E-state index in [0.717, 1.165) is 68.6 Å². The third-order valence-corrected chi connectivity index (χ3v) is 7.31. The summed E-state index contributed by atoms with van der Waals surface area (Å²) >= 11 is 3.78. The Labute approximate surface area is 211 Å². The van der Waals surface area contributed by atoms with Gasteiger partial charge in [0, 0.05) is 39.5 Å². The molecule has 35 heavy (non-hydrogen) atoms. The molecular formula is C27H24BrN5O2. The number of ether oxygens (including phenoxy) is 1. The van der Waals surface area contributed by atoms with Crippen molar-refractivity contribution in [3.63, 3.8) is 0 Å². The molecule has 1 N–H and O–H groups in total. The van der Waals surface area contributed by atoms with Gasteiger partial charge < -0.3 is 9.15 Å². The van der Waals surface area contributed by atoms with Gasteiger partial charge in [-0.3, -0.25) is 4.98 Å². The molecule has 0 atom stereocenters. The lowest BCUT2D eigenvalue weighted by atomic mass is 9.94. The molecule has 5 aromatic rings. The number of aryl methyl sites for hydroxylation is 2. The number of pyridine rings is 1. The van der Waals surface area contributed by atoms with Crippen molar-refractivity contribution in [3.05, 3.63) is 75.5 Å². The van der Waals surface area contributed by atoms with E-state index in [0.29, 0.717) is 12.4 Å². The predicted octanol–water partition coefficient (Wildman–Crippen LogP) is 6.46. The number of hydrogen-bond acceptors (Lipinski definition) is 6. The van der Waals surface area contributed by atoms with Crippen molar-refractivity contribution in [1.82, 2.24) is 25.6 Å². The van der Waals surface area contributed by atoms with E-state index < -0.39 is 0 Å². The summed E-state index contributed by atoms with van der Waals surface area (Å²) in [6.45, 7) is 2.63. The molecule has 7 nitrogen and oxygen atoms in total. The van der Waals surface area contributed by atoms with Gasteiger partial charge in [0.1, 0.15) is 23.7 Å². The number of hydrogen-bond donors (Lipinski definition) is 1. The third-order valence-electron chi connectivity index (χ3n) is 6.52. The van der Waals surface area contributed by atoms with E-state index in [9.17, 15) is 0 Å². The second-order valence-electron chi connectivity index (χ2n) is 8.74. The molecule has 8 heteroatoms. The van der Waals surface area contributed by atoms with E-state index in [4.69, 9.17) is 14.1 Å². The highest BCUT2D eigenvalue weighted by molar-refractivity contribution is 9.10. The number of halogens is 1. The highest BCUT2D eigenvalue weighted by Gasteiger charge is 2.20. The van der Waals surface area contributed by atoms with E-state index in [1.165, 1.54) is 24.1 Å². The van der Waals surface area contributed by atoms with Gasteiger partial charge >= 0.3 is 0 Å².